The van der Waals surface area contributed by atoms with Crippen molar-refractivity contribution in [3.8, 4) is 11.4 Å². The minimum absolute atomic E-state index is 0.0636. The highest BCUT2D eigenvalue weighted by molar-refractivity contribution is 6.30. The zero-order chi connectivity index (χ0) is 22.6. The molecule has 1 aromatic heterocycles. The molecule has 0 saturated carbocycles. The Bertz CT molecular complexity index is 906. The van der Waals surface area contributed by atoms with Crippen molar-refractivity contribution in [2.75, 3.05) is 43.4 Å². The van der Waals surface area contributed by atoms with Gasteiger partial charge in [0, 0.05) is 56.7 Å². The van der Waals surface area contributed by atoms with E-state index in [0.717, 1.165) is 5.56 Å². The molecule has 1 aromatic carbocycles. The van der Waals surface area contributed by atoms with Crippen molar-refractivity contribution in [1.29, 1.82) is 0 Å². The zero-order valence-corrected chi connectivity index (χ0v) is 18.2. The predicted molar refractivity (Wildman–Crippen MR) is 120 cm³/mol. The summed E-state index contributed by atoms with van der Waals surface area (Å²) in [5, 5.41) is 14.8. The lowest BCUT2D eigenvalue weighted by molar-refractivity contribution is -0.124. The van der Waals surface area contributed by atoms with Crippen LogP contribution >= 0.6 is 11.6 Å². The van der Waals surface area contributed by atoms with Gasteiger partial charge in [0.05, 0.1) is 6.54 Å². The summed E-state index contributed by atoms with van der Waals surface area (Å²) in [4.78, 5) is 42.5. The van der Waals surface area contributed by atoms with Crippen molar-refractivity contribution in [1.82, 2.24) is 25.9 Å². The number of anilines is 2. The van der Waals surface area contributed by atoms with E-state index >= 15 is 0 Å². The monoisotopic (exact) mass is 447 g/mol. The van der Waals surface area contributed by atoms with Crippen LogP contribution < -0.4 is 26.6 Å². The number of nitrogens with zero attached hydrogens (tertiary/aromatic N) is 2. The molecule has 0 saturated heterocycles. The van der Waals surface area contributed by atoms with Crippen molar-refractivity contribution < 1.29 is 14.4 Å². The summed E-state index contributed by atoms with van der Waals surface area (Å²) >= 11 is 5.96. The molecule has 2 aromatic rings. The van der Waals surface area contributed by atoms with Gasteiger partial charge in [-0.05, 0) is 24.3 Å². The lowest BCUT2D eigenvalue weighted by Crippen LogP contribution is -2.37. The highest BCUT2D eigenvalue weighted by atomic mass is 35.5. The number of amides is 3. The van der Waals surface area contributed by atoms with Crippen molar-refractivity contribution in [2.24, 2.45) is 0 Å². The number of halogens is 1. The zero-order valence-electron chi connectivity index (χ0n) is 17.4. The van der Waals surface area contributed by atoms with E-state index in [2.05, 4.69) is 36.6 Å². The van der Waals surface area contributed by atoms with Gasteiger partial charge in [0.2, 0.25) is 17.7 Å². The number of aromatic nitrogens is 2. The Hall–Kier alpha value is -3.40. The Balaban J connectivity index is 2.00. The summed E-state index contributed by atoms with van der Waals surface area (Å²) in [6.07, 6.45) is 0. The lowest BCUT2D eigenvalue weighted by atomic mass is 10.2. The van der Waals surface area contributed by atoms with Crippen LogP contribution in [0.15, 0.2) is 30.3 Å². The molecule has 5 N–H and O–H groups in total. The Morgan fingerprint density at radius 1 is 0.806 bits per heavy atom. The van der Waals surface area contributed by atoms with E-state index in [0.29, 0.717) is 48.7 Å². The van der Waals surface area contributed by atoms with Gasteiger partial charge >= 0.3 is 0 Å². The molecular weight excluding hydrogens is 422 g/mol. The molecule has 0 aliphatic heterocycles. The average Bonchev–Trinajstić information content (AvgIpc) is 2.73. The van der Waals surface area contributed by atoms with Gasteiger partial charge in [-0.3, -0.25) is 14.4 Å². The molecule has 10 nitrogen and oxygen atoms in total. The van der Waals surface area contributed by atoms with Crippen molar-refractivity contribution in [3.63, 3.8) is 0 Å². The van der Waals surface area contributed by atoms with Crippen LogP contribution in [0.3, 0.4) is 0 Å². The van der Waals surface area contributed by atoms with Crippen LogP contribution in [0, 0.1) is 0 Å². The molecule has 0 fully saturated rings. The molecule has 31 heavy (non-hydrogen) atoms. The fourth-order valence-electron chi connectivity index (χ4n) is 2.45. The van der Waals surface area contributed by atoms with Gasteiger partial charge in [-0.15, -0.1) is 0 Å². The molecule has 0 atom stereocenters. The van der Waals surface area contributed by atoms with Gasteiger partial charge in [-0.2, -0.15) is 0 Å². The quantitative estimate of drug-likeness (QED) is 0.324. The maximum atomic E-state index is 11.6. The standard InChI is InChI=1S/C20H26ClN7O3/c1-13(29)22-7-8-23-17-11-18(24-9-10-25-19(31)12-26-14(2)30)28-20(27-17)15-3-5-16(21)6-4-15/h3-6,11H,7-10,12H2,1-2H3,(H,22,29)(H,25,31)(H,26,30)(H2,23,24,27,28). The van der Waals surface area contributed by atoms with Crippen LogP contribution in [0.5, 0.6) is 0 Å². The molecule has 0 aliphatic rings. The van der Waals surface area contributed by atoms with Crippen molar-refractivity contribution in [3.05, 3.63) is 35.4 Å². The highest BCUT2D eigenvalue weighted by Crippen LogP contribution is 2.22. The van der Waals surface area contributed by atoms with Crippen molar-refractivity contribution >= 4 is 41.0 Å². The summed E-state index contributed by atoms with van der Waals surface area (Å²) in [6, 6.07) is 8.91. The summed E-state index contributed by atoms with van der Waals surface area (Å²) in [5.74, 6) is 1.01. The minimum Gasteiger partial charge on any atom is -0.368 e. The van der Waals surface area contributed by atoms with Gasteiger partial charge in [-0.25, -0.2) is 9.97 Å². The largest absolute Gasteiger partial charge is 0.368 e. The average molecular weight is 448 g/mol. The molecule has 11 heteroatoms. The maximum Gasteiger partial charge on any atom is 0.239 e. The number of benzene rings is 1. The first-order valence-corrected chi connectivity index (χ1v) is 10.1. The van der Waals surface area contributed by atoms with E-state index in [1.54, 1.807) is 18.2 Å². The third-order valence-corrected chi connectivity index (χ3v) is 4.14. The molecule has 0 bridgehead atoms. The first-order chi connectivity index (χ1) is 14.8. The number of carbonyl (C=O) groups excluding carboxylic acids is 3. The van der Waals surface area contributed by atoms with Crippen LogP contribution in [0.1, 0.15) is 13.8 Å². The predicted octanol–water partition coefficient (Wildman–Crippen LogP) is 1.01. The molecular formula is C20H26ClN7O3. The second-order valence-corrected chi connectivity index (χ2v) is 7.00. The van der Waals surface area contributed by atoms with Crippen LogP contribution in [-0.2, 0) is 14.4 Å². The SMILES string of the molecule is CC(=O)NCCNc1cc(NCCNC(=O)CNC(C)=O)nc(-c2ccc(Cl)cc2)n1. The smallest absolute Gasteiger partial charge is 0.239 e. The molecule has 0 radical (unpaired) electrons. The third kappa shape index (κ3) is 9.30. The summed E-state index contributed by atoms with van der Waals surface area (Å²) < 4.78 is 0. The van der Waals surface area contributed by atoms with Gasteiger partial charge in [0.1, 0.15) is 11.6 Å². The normalized spacial score (nSPS) is 10.2. The number of rotatable bonds is 11. The molecule has 0 aliphatic carbocycles. The fraction of sp³-hybridized carbons (Fsp3) is 0.350. The number of nitrogens with one attached hydrogen (secondary N) is 5. The minimum atomic E-state index is -0.276. The van der Waals surface area contributed by atoms with Gasteiger partial charge in [0.15, 0.2) is 5.82 Å². The summed E-state index contributed by atoms with van der Waals surface area (Å²) in [6.45, 7) is 4.47. The van der Waals surface area contributed by atoms with E-state index in [4.69, 9.17) is 11.6 Å². The number of carbonyl (C=O) groups is 3. The van der Waals surface area contributed by atoms with Gasteiger partial charge < -0.3 is 26.6 Å². The highest BCUT2D eigenvalue weighted by Gasteiger charge is 2.08. The van der Waals surface area contributed by atoms with Crippen molar-refractivity contribution in [2.45, 2.75) is 13.8 Å². The molecule has 2 rings (SSSR count). The topological polar surface area (TPSA) is 137 Å². The lowest BCUT2D eigenvalue weighted by Gasteiger charge is -2.12. The Morgan fingerprint density at radius 2 is 1.35 bits per heavy atom. The Kier molecular flexibility index (Phi) is 9.50. The maximum absolute atomic E-state index is 11.6. The third-order valence-electron chi connectivity index (χ3n) is 3.88. The van der Waals surface area contributed by atoms with E-state index in [-0.39, 0.29) is 24.3 Å². The Labute approximate surface area is 185 Å². The fourth-order valence-corrected chi connectivity index (χ4v) is 2.57. The molecule has 0 unspecified atom stereocenters. The second-order valence-electron chi connectivity index (χ2n) is 6.57. The summed E-state index contributed by atoms with van der Waals surface area (Å²) in [7, 11) is 0. The van der Waals surface area contributed by atoms with E-state index in [1.165, 1.54) is 13.8 Å². The number of hydrogen-bond donors (Lipinski definition) is 5. The van der Waals surface area contributed by atoms with Crippen LogP contribution in [-0.4, -0.2) is 60.4 Å². The van der Waals surface area contributed by atoms with E-state index < -0.39 is 0 Å². The molecule has 0 spiro atoms. The first kappa shape index (κ1) is 23.9. The van der Waals surface area contributed by atoms with E-state index in [1.807, 2.05) is 12.1 Å². The second kappa shape index (κ2) is 12.3. The number of hydrogen-bond acceptors (Lipinski definition) is 7. The van der Waals surface area contributed by atoms with E-state index in [9.17, 15) is 14.4 Å². The first-order valence-electron chi connectivity index (χ1n) is 9.72. The summed E-state index contributed by atoms with van der Waals surface area (Å²) in [5.41, 5.74) is 0.793. The van der Waals surface area contributed by atoms with Crippen LogP contribution in [0.4, 0.5) is 11.6 Å². The molecule has 1 heterocycles. The molecule has 3 amide bonds. The van der Waals surface area contributed by atoms with Crippen LogP contribution in [0.25, 0.3) is 11.4 Å². The Morgan fingerprint density at radius 3 is 1.90 bits per heavy atom. The van der Waals surface area contributed by atoms with Gasteiger partial charge in [0.25, 0.3) is 0 Å². The van der Waals surface area contributed by atoms with Gasteiger partial charge in [-0.1, -0.05) is 11.6 Å². The molecule has 166 valence electrons. The van der Waals surface area contributed by atoms with Crippen LogP contribution in [0.2, 0.25) is 5.02 Å².